The normalized spacial score (nSPS) is 17.1. The molecule has 2 fully saturated rings. The average Bonchev–Trinajstić information content (AvgIpc) is 2.93. The van der Waals surface area contributed by atoms with Crippen molar-refractivity contribution >= 4 is 17.5 Å². The van der Waals surface area contributed by atoms with Crippen molar-refractivity contribution in [3.63, 3.8) is 0 Å². The fourth-order valence-corrected chi connectivity index (χ4v) is 5.31. The van der Waals surface area contributed by atoms with Crippen molar-refractivity contribution in [1.29, 1.82) is 0 Å². The van der Waals surface area contributed by atoms with Gasteiger partial charge in [-0.2, -0.15) is 4.98 Å². The van der Waals surface area contributed by atoms with Gasteiger partial charge in [0.25, 0.3) is 5.69 Å². The number of hydrogen-bond acceptors (Lipinski definition) is 7. The summed E-state index contributed by atoms with van der Waals surface area (Å²) >= 11 is 0. The summed E-state index contributed by atoms with van der Waals surface area (Å²) in [5, 5.41) is 14.7. The number of rotatable bonds is 7. The lowest BCUT2D eigenvalue weighted by Crippen LogP contribution is -2.47. The molecule has 1 N–H and O–H groups in total. The number of nitro groups is 1. The lowest BCUT2D eigenvalue weighted by atomic mass is 10.00. The van der Waals surface area contributed by atoms with Crippen LogP contribution in [0.25, 0.3) is 11.1 Å². The number of hydrogen-bond donors (Lipinski definition) is 1. The fourth-order valence-electron chi connectivity index (χ4n) is 5.31. The molecule has 0 bridgehead atoms. The first kappa shape index (κ1) is 25.0. The van der Waals surface area contributed by atoms with Crippen molar-refractivity contribution in [2.24, 2.45) is 0 Å². The van der Waals surface area contributed by atoms with Gasteiger partial charge in [0.15, 0.2) is 0 Å². The Morgan fingerprint density at radius 3 is 2.35 bits per heavy atom. The predicted molar refractivity (Wildman–Crippen MR) is 138 cm³/mol. The number of nitro benzene ring substituents is 1. The molecule has 0 amide bonds. The van der Waals surface area contributed by atoms with E-state index in [0.717, 1.165) is 39.0 Å². The molecule has 1 aromatic heterocycles. The largest absolute Gasteiger partial charge is 0.365 e. The molecule has 0 atom stereocenters. The van der Waals surface area contributed by atoms with Crippen LogP contribution in [0.4, 0.5) is 26.2 Å². The van der Waals surface area contributed by atoms with Gasteiger partial charge in [0, 0.05) is 49.1 Å². The first-order chi connectivity index (χ1) is 18.0. The van der Waals surface area contributed by atoms with Crippen LogP contribution >= 0.6 is 0 Å². The summed E-state index contributed by atoms with van der Waals surface area (Å²) in [7, 11) is 0. The Morgan fingerprint density at radius 2 is 1.65 bits per heavy atom. The number of para-hydroxylation sites is 1. The maximum absolute atomic E-state index is 14.3. The highest BCUT2D eigenvalue weighted by Gasteiger charge is 2.27. The highest BCUT2D eigenvalue weighted by Crippen LogP contribution is 2.35. The monoisotopic (exact) mass is 508 g/mol. The van der Waals surface area contributed by atoms with E-state index in [-0.39, 0.29) is 17.8 Å². The Balaban J connectivity index is 1.42. The summed E-state index contributed by atoms with van der Waals surface area (Å²) in [6, 6.07) is 10.6. The van der Waals surface area contributed by atoms with Gasteiger partial charge in [-0.05, 0) is 57.0 Å². The van der Waals surface area contributed by atoms with Crippen LogP contribution in [-0.2, 0) is 6.54 Å². The number of halogens is 2. The molecule has 8 nitrogen and oxygen atoms in total. The molecule has 2 aliphatic heterocycles. The van der Waals surface area contributed by atoms with E-state index in [1.807, 2.05) is 0 Å². The van der Waals surface area contributed by atoms with E-state index in [1.165, 1.54) is 43.5 Å². The molecule has 10 heteroatoms. The molecule has 0 radical (unpaired) electrons. The second-order valence-corrected chi connectivity index (χ2v) is 9.58. The number of likely N-dealkylation sites (tertiary alicyclic amines) is 1. The highest BCUT2D eigenvalue weighted by molar-refractivity contribution is 5.81. The van der Waals surface area contributed by atoms with Crippen LogP contribution in [-0.4, -0.2) is 52.0 Å². The maximum atomic E-state index is 14.3. The molecule has 2 saturated heterocycles. The van der Waals surface area contributed by atoms with Crippen LogP contribution in [0.5, 0.6) is 0 Å². The van der Waals surface area contributed by atoms with Crippen molar-refractivity contribution in [2.75, 3.05) is 36.4 Å². The Labute approximate surface area is 214 Å². The molecular formula is C27H30F2N6O2. The molecular weight excluding hydrogens is 478 g/mol. The molecule has 194 valence electrons. The summed E-state index contributed by atoms with van der Waals surface area (Å²) in [4.78, 5) is 25.2. The molecule has 37 heavy (non-hydrogen) atoms. The summed E-state index contributed by atoms with van der Waals surface area (Å²) in [5.74, 6) is -0.557. The van der Waals surface area contributed by atoms with Crippen molar-refractivity contribution < 1.29 is 13.7 Å². The zero-order valence-corrected chi connectivity index (χ0v) is 20.6. The quantitative estimate of drug-likeness (QED) is 0.338. The molecule has 0 saturated carbocycles. The molecule has 0 unspecified atom stereocenters. The topological polar surface area (TPSA) is 87.4 Å². The molecule has 0 spiro atoms. The Morgan fingerprint density at radius 1 is 0.946 bits per heavy atom. The molecule has 5 rings (SSSR count). The average molecular weight is 509 g/mol. The van der Waals surface area contributed by atoms with Crippen LogP contribution in [0.3, 0.4) is 0 Å². The Kier molecular flexibility index (Phi) is 7.55. The second-order valence-electron chi connectivity index (χ2n) is 9.58. The van der Waals surface area contributed by atoms with Gasteiger partial charge in [-0.15, -0.1) is 0 Å². The van der Waals surface area contributed by atoms with Crippen LogP contribution in [0.15, 0.2) is 48.7 Å². The van der Waals surface area contributed by atoms with E-state index in [4.69, 9.17) is 4.98 Å². The van der Waals surface area contributed by atoms with Gasteiger partial charge in [0.1, 0.15) is 17.5 Å². The minimum Gasteiger partial charge on any atom is -0.365 e. The molecule has 3 aromatic rings. The van der Waals surface area contributed by atoms with E-state index in [9.17, 15) is 18.9 Å². The minimum atomic E-state index is -0.672. The third kappa shape index (κ3) is 5.53. The predicted octanol–water partition coefficient (Wildman–Crippen LogP) is 5.40. The minimum absolute atomic E-state index is 0.0960. The van der Waals surface area contributed by atoms with Gasteiger partial charge in [0.2, 0.25) is 5.95 Å². The number of piperidine rings is 2. The number of nitrogens with zero attached hydrogens (tertiary/aromatic N) is 5. The number of nitrogens with one attached hydrogen (secondary N) is 1. The van der Waals surface area contributed by atoms with Crippen LogP contribution < -0.4 is 10.2 Å². The summed E-state index contributed by atoms with van der Waals surface area (Å²) in [5.41, 5.74) is 0.509. The standard InChI is InChI=1S/C27H30F2N6O2/c28-23-8-6-9-24(29)22(23)18-30-26-21(20-7-2-3-10-25(20)35(36)37)17-31-27(32-26)34-15-11-19(12-16-34)33-13-4-1-5-14-33/h2-3,6-10,17,19H,1,4-5,11-16,18H2,(H,30,31,32). The van der Waals surface area contributed by atoms with E-state index in [0.29, 0.717) is 28.9 Å². The maximum Gasteiger partial charge on any atom is 0.277 e. The van der Waals surface area contributed by atoms with Crippen molar-refractivity contribution in [3.05, 3.63) is 76.0 Å². The van der Waals surface area contributed by atoms with E-state index in [1.54, 1.807) is 24.4 Å². The summed E-state index contributed by atoms with van der Waals surface area (Å²) in [6.45, 7) is 3.75. The van der Waals surface area contributed by atoms with Gasteiger partial charge in [-0.1, -0.05) is 24.6 Å². The van der Waals surface area contributed by atoms with Gasteiger partial charge < -0.3 is 15.1 Å². The SMILES string of the molecule is O=[N+]([O-])c1ccccc1-c1cnc(N2CCC(N3CCCCC3)CC2)nc1NCc1c(F)cccc1F. The van der Waals surface area contributed by atoms with Crippen LogP contribution in [0.2, 0.25) is 0 Å². The Hall–Kier alpha value is -3.66. The third-order valence-electron chi connectivity index (χ3n) is 7.32. The van der Waals surface area contributed by atoms with Crippen molar-refractivity contribution in [2.45, 2.75) is 44.7 Å². The first-order valence-corrected chi connectivity index (χ1v) is 12.8. The lowest BCUT2D eigenvalue weighted by Gasteiger charge is -2.40. The van der Waals surface area contributed by atoms with Crippen LogP contribution in [0, 0.1) is 21.7 Å². The van der Waals surface area contributed by atoms with E-state index < -0.39 is 16.6 Å². The number of aromatic nitrogens is 2. The zero-order chi connectivity index (χ0) is 25.8. The highest BCUT2D eigenvalue weighted by atomic mass is 19.1. The smallest absolute Gasteiger partial charge is 0.277 e. The van der Waals surface area contributed by atoms with E-state index in [2.05, 4.69) is 20.1 Å². The molecule has 2 aliphatic rings. The zero-order valence-electron chi connectivity index (χ0n) is 20.6. The van der Waals surface area contributed by atoms with Gasteiger partial charge >= 0.3 is 0 Å². The van der Waals surface area contributed by atoms with Gasteiger partial charge in [-0.3, -0.25) is 10.1 Å². The number of anilines is 2. The lowest BCUT2D eigenvalue weighted by molar-refractivity contribution is -0.384. The molecule has 0 aliphatic carbocycles. The van der Waals surface area contributed by atoms with Crippen LogP contribution in [0.1, 0.15) is 37.7 Å². The summed E-state index contributed by atoms with van der Waals surface area (Å²) < 4.78 is 28.6. The number of benzene rings is 2. The van der Waals surface area contributed by atoms with Crippen molar-refractivity contribution in [1.82, 2.24) is 14.9 Å². The first-order valence-electron chi connectivity index (χ1n) is 12.8. The van der Waals surface area contributed by atoms with E-state index >= 15 is 0 Å². The molecule has 3 heterocycles. The van der Waals surface area contributed by atoms with Gasteiger partial charge in [-0.25, -0.2) is 13.8 Å². The molecule has 2 aromatic carbocycles. The summed E-state index contributed by atoms with van der Waals surface area (Å²) in [6.07, 6.45) is 7.40. The van der Waals surface area contributed by atoms with Crippen molar-refractivity contribution in [3.8, 4) is 11.1 Å². The van der Waals surface area contributed by atoms with Gasteiger partial charge in [0.05, 0.1) is 10.5 Å². The third-order valence-corrected chi connectivity index (χ3v) is 7.32. The second kappa shape index (κ2) is 11.2. The fraction of sp³-hybridized carbons (Fsp3) is 0.407. The Bertz CT molecular complexity index is 1240.